The second kappa shape index (κ2) is 43.2. The van der Waals surface area contributed by atoms with E-state index >= 15 is 0 Å². The van der Waals surface area contributed by atoms with E-state index in [0.29, 0.717) is 19.8 Å². The van der Waals surface area contributed by atoms with Crippen molar-refractivity contribution in [1.82, 2.24) is 4.90 Å². The topological polar surface area (TPSA) is 77.1 Å². The summed E-state index contributed by atoms with van der Waals surface area (Å²) < 4.78 is 47.4. The Morgan fingerprint density at radius 2 is 0.643 bits per heavy atom. The molecule has 0 saturated carbocycles. The Morgan fingerprint density at radius 1 is 0.321 bits per heavy atom. The third kappa shape index (κ3) is 33.9. The van der Waals surface area contributed by atoms with Gasteiger partial charge in [-0.15, -0.1) is 0 Å². The fourth-order valence-electron chi connectivity index (χ4n) is 7.81. The molecule has 0 aliphatic rings. The van der Waals surface area contributed by atoms with Crippen molar-refractivity contribution in [2.75, 3.05) is 93.3 Å². The summed E-state index contributed by atoms with van der Waals surface area (Å²) in [6, 6.07) is 3.15. The molecule has 0 unspecified atom stereocenters. The smallest absolute Gasteiger partial charge is 0.394 e. The average Bonchev–Trinajstić information content (AvgIpc) is 3.18. The van der Waals surface area contributed by atoms with Crippen LogP contribution >= 0.6 is 0 Å². The zero-order valence-corrected chi connectivity index (χ0v) is 40.6. The summed E-state index contributed by atoms with van der Waals surface area (Å²) in [6.07, 6.45) is 29.4. The summed E-state index contributed by atoms with van der Waals surface area (Å²) >= 11 is 0. The number of nitrogens with zero attached hydrogens (tertiary/aromatic N) is 1. The zero-order valence-electron chi connectivity index (χ0n) is 38.6. The number of ether oxygens (including phenoxy) is 3. The lowest BCUT2D eigenvalue weighted by Crippen LogP contribution is -2.45. The first-order valence-corrected chi connectivity index (χ1v) is 28.1. The van der Waals surface area contributed by atoms with E-state index in [-0.39, 0.29) is 0 Å². The quantitative estimate of drug-likeness (QED) is 0.0440. The Bertz CT molecular complexity index is 739. The maximum Gasteiger partial charge on any atom is 0.500 e. The average molecular weight is 836 g/mol. The molecular formula is C45H97NO8Si2. The van der Waals surface area contributed by atoms with Crippen molar-refractivity contribution in [3.63, 3.8) is 0 Å². The van der Waals surface area contributed by atoms with Gasteiger partial charge >= 0.3 is 17.4 Å². The Balaban J connectivity index is 3.83. The zero-order chi connectivity index (χ0) is 41.1. The van der Waals surface area contributed by atoms with Crippen LogP contribution in [0.25, 0.3) is 0 Å². The molecule has 0 radical (unpaired) electrons. The third-order valence-corrected chi connectivity index (χ3v) is 17.7. The van der Waals surface area contributed by atoms with Gasteiger partial charge < -0.3 is 41.2 Å². The number of unbranched alkanes of at least 4 members (excludes halogenated alkanes) is 18. The van der Waals surface area contributed by atoms with Crippen LogP contribution in [-0.4, -0.2) is 116 Å². The first kappa shape index (κ1) is 56.1. The van der Waals surface area contributed by atoms with Gasteiger partial charge in [0.2, 0.25) is 0 Å². The third-order valence-electron chi connectivity index (χ3n) is 10.7. The standard InChI is InChI=1S/C45H97NO8Si2/c1-8-50-55(51-9-2,44-32-26-27-33-45-56(52-10-3,53-11-4)54-12-5)43-31-25-21-17-13-15-19-23-29-41-49-42-30-24-20-16-14-18-22-28-36-46(37-34-39-47-6)38-35-40-48-7/h8-45H2,1-7H3. The molecule has 11 heteroatoms. The molecule has 0 atom stereocenters. The summed E-state index contributed by atoms with van der Waals surface area (Å²) in [5, 5.41) is 0. The van der Waals surface area contributed by atoms with Gasteiger partial charge in [0.15, 0.2) is 0 Å². The van der Waals surface area contributed by atoms with E-state index in [1.807, 2.05) is 20.8 Å². The van der Waals surface area contributed by atoms with E-state index in [1.54, 1.807) is 14.2 Å². The normalized spacial score (nSPS) is 12.4. The lowest BCUT2D eigenvalue weighted by molar-refractivity contribution is 0.0706. The Hall–Kier alpha value is 0.0738. The molecule has 0 heterocycles. The van der Waals surface area contributed by atoms with Crippen molar-refractivity contribution in [2.45, 2.75) is 200 Å². The molecule has 9 nitrogen and oxygen atoms in total. The van der Waals surface area contributed by atoms with Gasteiger partial charge in [-0.2, -0.15) is 0 Å². The van der Waals surface area contributed by atoms with E-state index in [4.69, 9.17) is 36.3 Å². The van der Waals surface area contributed by atoms with Crippen molar-refractivity contribution in [3.8, 4) is 0 Å². The van der Waals surface area contributed by atoms with Crippen molar-refractivity contribution in [3.05, 3.63) is 0 Å². The van der Waals surface area contributed by atoms with Crippen molar-refractivity contribution in [2.24, 2.45) is 0 Å². The molecule has 0 aromatic carbocycles. The highest BCUT2D eigenvalue weighted by atomic mass is 28.4. The van der Waals surface area contributed by atoms with Crippen LogP contribution in [0.4, 0.5) is 0 Å². The van der Waals surface area contributed by atoms with E-state index < -0.39 is 17.4 Å². The molecule has 56 heavy (non-hydrogen) atoms. The molecule has 0 aliphatic carbocycles. The fraction of sp³-hybridized carbons (Fsp3) is 1.00. The first-order chi connectivity index (χ1) is 27.5. The lowest BCUT2D eigenvalue weighted by Gasteiger charge is -2.30. The maximum absolute atomic E-state index is 6.44. The highest BCUT2D eigenvalue weighted by Crippen LogP contribution is 2.27. The van der Waals surface area contributed by atoms with Gasteiger partial charge in [-0.3, -0.25) is 0 Å². The van der Waals surface area contributed by atoms with Gasteiger partial charge in [-0.1, -0.05) is 109 Å². The Labute approximate surface area is 351 Å². The van der Waals surface area contributed by atoms with E-state index in [1.165, 1.54) is 135 Å². The number of hydrogen-bond donors (Lipinski definition) is 0. The molecule has 0 saturated heterocycles. The minimum atomic E-state index is -2.53. The molecule has 0 spiro atoms. The second-order valence-corrected chi connectivity index (χ2v) is 21.7. The van der Waals surface area contributed by atoms with Gasteiger partial charge in [-0.25, -0.2) is 0 Å². The van der Waals surface area contributed by atoms with Crippen LogP contribution in [0, 0.1) is 0 Å². The molecule has 338 valence electrons. The highest BCUT2D eigenvalue weighted by Gasteiger charge is 2.40. The minimum absolute atomic E-state index is 0.648. The SMILES string of the molecule is CCO[Si](CCCCCCCCCCCOCCCCCCCCCCN(CCCOC)CCCOC)(CCCCCC[Si](OCC)(OCC)OCC)OCC. The van der Waals surface area contributed by atoms with Crippen LogP contribution in [0.3, 0.4) is 0 Å². The largest absolute Gasteiger partial charge is 0.500 e. The molecular weight excluding hydrogens is 739 g/mol. The minimum Gasteiger partial charge on any atom is -0.394 e. The number of hydrogen-bond acceptors (Lipinski definition) is 9. The van der Waals surface area contributed by atoms with Crippen molar-refractivity contribution >= 4 is 17.4 Å². The van der Waals surface area contributed by atoms with Crippen LogP contribution in [0.2, 0.25) is 18.1 Å². The van der Waals surface area contributed by atoms with Crippen LogP contribution in [0.5, 0.6) is 0 Å². The molecule has 0 fully saturated rings. The van der Waals surface area contributed by atoms with Gasteiger partial charge in [0, 0.05) is 92.8 Å². The van der Waals surface area contributed by atoms with Gasteiger partial charge in [0.1, 0.15) is 0 Å². The molecule has 0 aromatic rings. The lowest BCUT2D eigenvalue weighted by atomic mass is 10.1. The van der Waals surface area contributed by atoms with E-state index in [2.05, 4.69) is 18.7 Å². The van der Waals surface area contributed by atoms with E-state index in [9.17, 15) is 0 Å². The number of rotatable bonds is 48. The van der Waals surface area contributed by atoms with Crippen LogP contribution in [-0.2, 0) is 36.3 Å². The van der Waals surface area contributed by atoms with Crippen molar-refractivity contribution < 1.29 is 36.3 Å². The van der Waals surface area contributed by atoms with Gasteiger partial charge in [-0.05, 0) is 91.8 Å². The molecule has 0 bridgehead atoms. The fourth-order valence-corrected chi connectivity index (χ4v) is 14.0. The molecule has 0 aromatic heterocycles. The summed E-state index contributed by atoms with van der Waals surface area (Å²) in [6.45, 7) is 20.9. The molecule has 0 aliphatic heterocycles. The van der Waals surface area contributed by atoms with Crippen LogP contribution in [0.1, 0.15) is 182 Å². The highest BCUT2D eigenvalue weighted by molar-refractivity contribution is 6.67. The second-order valence-electron chi connectivity index (χ2n) is 15.6. The maximum atomic E-state index is 6.44. The Morgan fingerprint density at radius 3 is 1.02 bits per heavy atom. The summed E-state index contributed by atoms with van der Waals surface area (Å²) in [5.41, 5.74) is 0. The van der Waals surface area contributed by atoms with E-state index in [0.717, 1.165) is 90.1 Å². The molecule has 0 N–H and O–H groups in total. The van der Waals surface area contributed by atoms with Crippen LogP contribution in [0.15, 0.2) is 0 Å². The van der Waals surface area contributed by atoms with Crippen molar-refractivity contribution in [1.29, 1.82) is 0 Å². The van der Waals surface area contributed by atoms with Gasteiger partial charge in [0.25, 0.3) is 0 Å². The van der Waals surface area contributed by atoms with Crippen LogP contribution < -0.4 is 0 Å². The monoisotopic (exact) mass is 836 g/mol. The molecule has 0 amide bonds. The predicted molar refractivity (Wildman–Crippen MR) is 241 cm³/mol. The Kier molecular flexibility index (Phi) is 43.2. The number of methoxy groups -OCH3 is 2. The molecule has 0 rings (SSSR count). The van der Waals surface area contributed by atoms with Gasteiger partial charge in [0.05, 0.1) is 0 Å². The predicted octanol–water partition coefficient (Wildman–Crippen LogP) is 12.1. The summed E-state index contributed by atoms with van der Waals surface area (Å²) in [7, 11) is -1.08. The summed E-state index contributed by atoms with van der Waals surface area (Å²) in [5.74, 6) is 0. The first-order valence-electron chi connectivity index (χ1n) is 24.0. The summed E-state index contributed by atoms with van der Waals surface area (Å²) in [4.78, 5) is 2.59.